The fourth-order valence-electron chi connectivity index (χ4n) is 2.85. The summed E-state index contributed by atoms with van der Waals surface area (Å²) in [4.78, 5) is 0. The van der Waals surface area contributed by atoms with E-state index in [-0.39, 0.29) is 0 Å². The number of aryl methyl sites for hydroxylation is 2. The molecule has 1 N–H and O–H groups in total. The molecule has 1 aromatic carbocycles. The number of rotatable bonds is 4. The van der Waals surface area contributed by atoms with E-state index >= 15 is 0 Å². The summed E-state index contributed by atoms with van der Waals surface area (Å²) in [7, 11) is 0. The van der Waals surface area contributed by atoms with Crippen molar-refractivity contribution in [1.82, 2.24) is 9.78 Å². The number of fused-ring (bicyclic) bond motifs is 1. The second kappa shape index (κ2) is 5.60. The highest BCUT2D eigenvalue weighted by molar-refractivity contribution is 6.04. The van der Waals surface area contributed by atoms with E-state index in [1.54, 1.807) is 0 Å². The van der Waals surface area contributed by atoms with Crippen molar-refractivity contribution in [2.24, 2.45) is 5.16 Å². The summed E-state index contributed by atoms with van der Waals surface area (Å²) in [6.07, 6.45) is 1.62. The Balaban J connectivity index is 1.82. The van der Waals surface area contributed by atoms with Crippen molar-refractivity contribution in [3.63, 3.8) is 0 Å². The molecule has 0 saturated carbocycles. The van der Waals surface area contributed by atoms with E-state index in [4.69, 9.17) is 9.94 Å². The standard InChI is InChI=1S/C16H19N3O2/c1-3-19-12(9-11(2)17-19)10-21-16-6-4-5-13-14(16)7-8-15(13)18-20/h4-6,9,20H,3,7-8,10H2,1-2H3. The maximum Gasteiger partial charge on any atom is 0.130 e. The van der Waals surface area contributed by atoms with E-state index in [0.717, 1.165) is 53.4 Å². The molecule has 0 unspecified atom stereocenters. The lowest BCUT2D eigenvalue weighted by atomic mass is 10.1. The van der Waals surface area contributed by atoms with E-state index in [0.29, 0.717) is 6.61 Å². The molecule has 2 aromatic rings. The highest BCUT2D eigenvalue weighted by Gasteiger charge is 2.21. The van der Waals surface area contributed by atoms with Crippen molar-refractivity contribution in [3.05, 3.63) is 46.8 Å². The molecule has 0 radical (unpaired) electrons. The molecule has 0 saturated heterocycles. The maximum atomic E-state index is 9.02. The second-order valence-electron chi connectivity index (χ2n) is 5.21. The smallest absolute Gasteiger partial charge is 0.130 e. The zero-order valence-electron chi connectivity index (χ0n) is 12.3. The van der Waals surface area contributed by atoms with Crippen LogP contribution < -0.4 is 4.74 Å². The highest BCUT2D eigenvalue weighted by atomic mass is 16.5. The summed E-state index contributed by atoms with van der Waals surface area (Å²) in [5.41, 5.74) is 4.94. The molecule has 5 heteroatoms. The van der Waals surface area contributed by atoms with Gasteiger partial charge >= 0.3 is 0 Å². The van der Waals surface area contributed by atoms with Crippen LogP contribution in [-0.4, -0.2) is 20.7 Å². The van der Waals surface area contributed by atoms with E-state index in [1.165, 1.54) is 0 Å². The van der Waals surface area contributed by atoms with Gasteiger partial charge in [-0.15, -0.1) is 0 Å². The quantitative estimate of drug-likeness (QED) is 0.694. The molecule has 3 rings (SSSR count). The molecule has 5 nitrogen and oxygen atoms in total. The number of nitrogens with zero attached hydrogens (tertiary/aromatic N) is 3. The maximum absolute atomic E-state index is 9.02. The van der Waals surface area contributed by atoms with Crippen LogP contribution in [0.1, 0.15) is 35.9 Å². The third kappa shape index (κ3) is 2.51. The fraction of sp³-hybridized carbons (Fsp3) is 0.375. The Morgan fingerprint density at radius 2 is 2.24 bits per heavy atom. The number of aromatic nitrogens is 2. The summed E-state index contributed by atoms with van der Waals surface area (Å²) in [6.45, 7) is 5.39. The Hall–Kier alpha value is -2.30. The van der Waals surface area contributed by atoms with Gasteiger partial charge in [0.1, 0.15) is 12.4 Å². The molecular formula is C16H19N3O2. The van der Waals surface area contributed by atoms with E-state index in [9.17, 15) is 0 Å². The minimum atomic E-state index is 0.497. The van der Waals surface area contributed by atoms with Crippen LogP contribution in [0.2, 0.25) is 0 Å². The van der Waals surface area contributed by atoms with E-state index in [1.807, 2.05) is 35.9 Å². The summed E-state index contributed by atoms with van der Waals surface area (Å²) < 4.78 is 7.94. The molecular weight excluding hydrogens is 266 g/mol. The van der Waals surface area contributed by atoms with Gasteiger partial charge in [0.2, 0.25) is 0 Å². The first-order chi connectivity index (χ1) is 10.2. The van der Waals surface area contributed by atoms with Gasteiger partial charge in [-0.05, 0) is 38.8 Å². The zero-order valence-corrected chi connectivity index (χ0v) is 12.3. The Morgan fingerprint density at radius 1 is 1.38 bits per heavy atom. The van der Waals surface area contributed by atoms with Crippen LogP contribution >= 0.6 is 0 Å². The molecule has 0 aliphatic heterocycles. The fourth-order valence-corrected chi connectivity index (χ4v) is 2.85. The van der Waals surface area contributed by atoms with Gasteiger partial charge in [0, 0.05) is 17.7 Å². The molecule has 110 valence electrons. The van der Waals surface area contributed by atoms with Gasteiger partial charge in [-0.25, -0.2) is 0 Å². The Labute approximate surface area is 123 Å². The van der Waals surface area contributed by atoms with E-state index < -0.39 is 0 Å². The summed E-state index contributed by atoms with van der Waals surface area (Å²) in [5, 5.41) is 16.8. The predicted molar refractivity (Wildman–Crippen MR) is 80.1 cm³/mol. The summed E-state index contributed by atoms with van der Waals surface area (Å²) >= 11 is 0. The molecule has 1 aliphatic rings. The zero-order chi connectivity index (χ0) is 14.8. The lowest BCUT2D eigenvalue weighted by Crippen LogP contribution is -2.07. The van der Waals surface area contributed by atoms with Gasteiger partial charge in [-0.1, -0.05) is 17.3 Å². The van der Waals surface area contributed by atoms with Crippen molar-refractivity contribution >= 4 is 5.71 Å². The molecule has 0 bridgehead atoms. The van der Waals surface area contributed by atoms with Crippen molar-refractivity contribution in [3.8, 4) is 5.75 Å². The number of oxime groups is 1. The predicted octanol–water partition coefficient (Wildman–Crippen LogP) is 2.91. The van der Waals surface area contributed by atoms with Gasteiger partial charge in [0.15, 0.2) is 0 Å². The average molecular weight is 285 g/mol. The molecule has 0 spiro atoms. The topological polar surface area (TPSA) is 59.6 Å². The van der Waals surface area contributed by atoms with Crippen LogP contribution in [0.15, 0.2) is 29.4 Å². The Bertz CT molecular complexity index is 689. The molecule has 0 amide bonds. The summed E-state index contributed by atoms with van der Waals surface area (Å²) in [5.74, 6) is 0.868. The highest BCUT2D eigenvalue weighted by Crippen LogP contribution is 2.31. The van der Waals surface area contributed by atoms with Crippen molar-refractivity contribution < 1.29 is 9.94 Å². The van der Waals surface area contributed by atoms with Gasteiger partial charge in [0.05, 0.1) is 17.1 Å². The third-order valence-electron chi connectivity index (χ3n) is 3.84. The Morgan fingerprint density at radius 3 is 3.00 bits per heavy atom. The molecule has 1 heterocycles. The van der Waals surface area contributed by atoms with Crippen LogP contribution in [-0.2, 0) is 19.6 Å². The van der Waals surface area contributed by atoms with Gasteiger partial charge in [-0.2, -0.15) is 5.10 Å². The van der Waals surface area contributed by atoms with Crippen LogP contribution in [0.3, 0.4) is 0 Å². The number of hydrogen-bond donors (Lipinski definition) is 1. The van der Waals surface area contributed by atoms with E-state index in [2.05, 4.69) is 17.2 Å². The molecule has 0 fully saturated rings. The average Bonchev–Trinajstić information content (AvgIpc) is 3.08. The SMILES string of the molecule is CCn1nc(C)cc1COc1cccc2c1CCC2=NO. The number of benzene rings is 1. The summed E-state index contributed by atoms with van der Waals surface area (Å²) in [6, 6.07) is 7.93. The first-order valence-electron chi connectivity index (χ1n) is 7.22. The van der Waals surface area contributed by atoms with Crippen LogP contribution in [0, 0.1) is 6.92 Å². The minimum Gasteiger partial charge on any atom is -0.487 e. The van der Waals surface area contributed by atoms with Crippen LogP contribution in [0.25, 0.3) is 0 Å². The lowest BCUT2D eigenvalue weighted by molar-refractivity contribution is 0.290. The molecule has 1 aromatic heterocycles. The van der Waals surface area contributed by atoms with Crippen molar-refractivity contribution in [2.45, 2.75) is 39.8 Å². The number of hydrogen-bond acceptors (Lipinski definition) is 4. The van der Waals surface area contributed by atoms with Gasteiger partial charge in [-0.3, -0.25) is 4.68 Å². The van der Waals surface area contributed by atoms with Gasteiger partial charge < -0.3 is 9.94 Å². The normalized spacial score (nSPS) is 15.4. The lowest BCUT2D eigenvalue weighted by Gasteiger charge is -2.11. The van der Waals surface area contributed by atoms with Crippen molar-refractivity contribution in [1.29, 1.82) is 0 Å². The first-order valence-corrected chi connectivity index (χ1v) is 7.22. The molecule has 1 aliphatic carbocycles. The third-order valence-corrected chi connectivity index (χ3v) is 3.84. The van der Waals surface area contributed by atoms with Crippen molar-refractivity contribution in [2.75, 3.05) is 0 Å². The molecule has 0 atom stereocenters. The molecule has 21 heavy (non-hydrogen) atoms. The first kappa shape index (κ1) is 13.7. The largest absolute Gasteiger partial charge is 0.487 e. The second-order valence-corrected chi connectivity index (χ2v) is 5.21. The van der Waals surface area contributed by atoms with Crippen LogP contribution in [0.5, 0.6) is 5.75 Å². The Kier molecular flexibility index (Phi) is 3.64. The van der Waals surface area contributed by atoms with Crippen LogP contribution in [0.4, 0.5) is 0 Å². The van der Waals surface area contributed by atoms with Gasteiger partial charge in [0.25, 0.3) is 0 Å². The minimum absolute atomic E-state index is 0.497. The monoisotopic (exact) mass is 285 g/mol. The number of ether oxygens (including phenoxy) is 1.